The van der Waals surface area contributed by atoms with Crippen LogP contribution in [0.2, 0.25) is 0 Å². The molecule has 2 aromatic carbocycles. The maximum atomic E-state index is 12.8. The number of fused-ring (bicyclic) bond motifs is 1. The van der Waals surface area contributed by atoms with Gasteiger partial charge in [0.1, 0.15) is 6.04 Å². The molecule has 0 spiro atoms. The van der Waals surface area contributed by atoms with E-state index >= 15 is 0 Å². The number of nitrogens with zero attached hydrogens (tertiary/aromatic N) is 2. The Morgan fingerprint density at radius 1 is 1.22 bits per heavy atom. The number of anilines is 1. The SMILES string of the molecule is Cc1nc2ccc(NC(=O)C3CCCN3C(=O)Cc3ccccc3)cc2s1. The second kappa shape index (κ2) is 7.48. The van der Waals surface area contributed by atoms with Crippen LogP contribution in [0.25, 0.3) is 10.2 Å². The molecule has 1 N–H and O–H groups in total. The van der Waals surface area contributed by atoms with Crippen molar-refractivity contribution < 1.29 is 9.59 Å². The Balaban J connectivity index is 1.45. The third-order valence-corrected chi connectivity index (χ3v) is 5.77. The van der Waals surface area contributed by atoms with Gasteiger partial charge in [-0.1, -0.05) is 30.3 Å². The molecule has 1 atom stereocenters. The van der Waals surface area contributed by atoms with E-state index in [-0.39, 0.29) is 11.8 Å². The van der Waals surface area contributed by atoms with Gasteiger partial charge < -0.3 is 10.2 Å². The van der Waals surface area contributed by atoms with Gasteiger partial charge in [0.05, 0.1) is 21.6 Å². The maximum Gasteiger partial charge on any atom is 0.247 e. The smallest absolute Gasteiger partial charge is 0.247 e. The van der Waals surface area contributed by atoms with Crippen molar-refractivity contribution in [3.63, 3.8) is 0 Å². The molecule has 4 rings (SSSR count). The molecule has 6 heteroatoms. The molecule has 2 heterocycles. The van der Waals surface area contributed by atoms with Crippen molar-refractivity contribution in [3.8, 4) is 0 Å². The lowest BCUT2D eigenvalue weighted by Gasteiger charge is -2.24. The average Bonchev–Trinajstić information content (AvgIpc) is 3.28. The predicted octanol–water partition coefficient (Wildman–Crippen LogP) is 3.78. The number of hydrogen-bond acceptors (Lipinski definition) is 4. The molecule has 1 aliphatic heterocycles. The summed E-state index contributed by atoms with van der Waals surface area (Å²) in [6.45, 7) is 2.61. The molecular formula is C21H21N3O2S. The van der Waals surface area contributed by atoms with Gasteiger partial charge in [-0.15, -0.1) is 11.3 Å². The zero-order valence-corrected chi connectivity index (χ0v) is 16.0. The van der Waals surface area contributed by atoms with Crippen LogP contribution in [-0.2, 0) is 16.0 Å². The van der Waals surface area contributed by atoms with E-state index in [2.05, 4.69) is 10.3 Å². The number of benzene rings is 2. The van der Waals surface area contributed by atoms with Gasteiger partial charge in [0.15, 0.2) is 0 Å². The van der Waals surface area contributed by atoms with Crippen LogP contribution in [0.5, 0.6) is 0 Å². The summed E-state index contributed by atoms with van der Waals surface area (Å²) in [5, 5.41) is 3.98. The third-order valence-electron chi connectivity index (χ3n) is 4.84. The zero-order valence-electron chi connectivity index (χ0n) is 15.1. The second-order valence-corrected chi connectivity index (χ2v) is 8.05. The first kappa shape index (κ1) is 17.7. The van der Waals surface area contributed by atoms with E-state index in [1.54, 1.807) is 16.2 Å². The summed E-state index contributed by atoms with van der Waals surface area (Å²) in [4.78, 5) is 31.7. The largest absolute Gasteiger partial charge is 0.330 e. The lowest BCUT2D eigenvalue weighted by molar-refractivity contribution is -0.136. The van der Waals surface area contributed by atoms with Gasteiger partial charge in [-0.3, -0.25) is 9.59 Å². The summed E-state index contributed by atoms with van der Waals surface area (Å²) in [6, 6.07) is 15.0. The first-order valence-corrected chi connectivity index (χ1v) is 9.93. The summed E-state index contributed by atoms with van der Waals surface area (Å²) in [5.41, 5.74) is 2.66. The van der Waals surface area contributed by atoms with Crippen molar-refractivity contribution in [2.24, 2.45) is 0 Å². The van der Waals surface area contributed by atoms with Crippen LogP contribution < -0.4 is 5.32 Å². The maximum absolute atomic E-state index is 12.8. The van der Waals surface area contributed by atoms with Crippen LogP contribution in [0.3, 0.4) is 0 Å². The van der Waals surface area contributed by atoms with Crippen molar-refractivity contribution in [2.45, 2.75) is 32.2 Å². The van der Waals surface area contributed by atoms with E-state index < -0.39 is 6.04 Å². The fourth-order valence-corrected chi connectivity index (χ4v) is 4.42. The minimum atomic E-state index is -0.403. The number of hydrogen-bond donors (Lipinski definition) is 1. The van der Waals surface area contributed by atoms with E-state index in [0.29, 0.717) is 19.4 Å². The van der Waals surface area contributed by atoms with Crippen LogP contribution >= 0.6 is 11.3 Å². The lowest BCUT2D eigenvalue weighted by atomic mass is 10.1. The molecule has 27 heavy (non-hydrogen) atoms. The minimum absolute atomic E-state index is 0.00684. The molecule has 1 unspecified atom stereocenters. The molecule has 138 valence electrons. The molecule has 3 aromatic rings. The van der Waals surface area contributed by atoms with Crippen LogP contribution in [0.1, 0.15) is 23.4 Å². The highest BCUT2D eigenvalue weighted by Crippen LogP contribution is 2.26. The van der Waals surface area contributed by atoms with Crippen LogP contribution in [0, 0.1) is 6.92 Å². The molecule has 1 fully saturated rings. The highest BCUT2D eigenvalue weighted by atomic mass is 32.1. The fourth-order valence-electron chi connectivity index (χ4n) is 3.55. The second-order valence-electron chi connectivity index (χ2n) is 6.81. The molecular weight excluding hydrogens is 358 g/mol. The van der Waals surface area contributed by atoms with E-state index in [1.165, 1.54) is 0 Å². The van der Waals surface area contributed by atoms with Gasteiger partial charge in [0, 0.05) is 12.2 Å². The van der Waals surface area contributed by atoms with E-state index in [0.717, 1.165) is 32.9 Å². The number of rotatable bonds is 4. The topological polar surface area (TPSA) is 62.3 Å². The summed E-state index contributed by atoms with van der Waals surface area (Å²) in [7, 11) is 0. The van der Waals surface area contributed by atoms with Crippen molar-refractivity contribution in [3.05, 3.63) is 59.1 Å². The summed E-state index contributed by atoms with van der Waals surface area (Å²) < 4.78 is 1.05. The van der Waals surface area contributed by atoms with Crippen molar-refractivity contribution in [2.75, 3.05) is 11.9 Å². The molecule has 0 radical (unpaired) electrons. The Morgan fingerprint density at radius 3 is 2.85 bits per heavy atom. The zero-order chi connectivity index (χ0) is 18.8. The molecule has 1 aliphatic rings. The Labute approximate surface area is 162 Å². The number of nitrogens with one attached hydrogen (secondary N) is 1. The van der Waals surface area contributed by atoms with Gasteiger partial charge in [0.25, 0.3) is 0 Å². The number of thiazole rings is 1. The summed E-state index contributed by atoms with van der Waals surface area (Å²) in [5.74, 6) is -0.109. The fraction of sp³-hybridized carbons (Fsp3) is 0.286. The monoisotopic (exact) mass is 379 g/mol. The molecule has 2 amide bonds. The Kier molecular flexibility index (Phi) is 4.90. The van der Waals surface area contributed by atoms with E-state index in [1.807, 2.05) is 55.5 Å². The van der Waals surface area contributed by atoms with E-state index in [9.17, 15) is 9.59 Å². The van der Waals surface area contributed by atoms with Gasteiger partial charge in [-0.25, -0.2) is 4.98 Å². The molecule has 5 nitrogen and oxygen atoms in total. The Hall–Kier alpha value is -2.73. The van der Waals surface area contributed by atoms with Crippen LogP contribution in [0.15, 0.2) is 48.5 Å². The first-order valence-electron chi connectivity index (χ1n) is 9.11. The number of carbonyl (C=O) groups is 2. The highest BCUT2D eigenvalue weighted by Gasteiger charge is 2.33. The molecule has 0 aliphatic carbocycles. The molecule has 1 saturated heterocycles. The predicted molar refractivity (Wildman–Crippen MR) is 108 cm³/mol. The molecule has 1 aromatic heterocycles. The standard InChI is InChI=1S/C21H21N3O2S/c1-14-22-17-10-9-16(13-19(17)27-14)23-21(26)18-8-5-11-24(18)20(25)12-15-6-3-2-4-7-15/h2-4,6-7,9-10,13,18H,5,8,11-12H2,1H3,(H,23,26). The third kappa shape index (κ3) is 3.85. The number of likely N-dealkylation sites (tertiary alicyclic amines) is 1. The number of aryl methyl sites for hydroxylation is 1. The molecule has 0 saturated carbocycles. The quantitative estimate of drug-likeness (QED) is 0.750. The Morgan fingerprint density at radius 2 is 2.04 bits per heavy atom. The van der Waals surface area contributed by atoms with Crippen molar-refractivity contribution >= 4 is 39.1 Å². The summed E-state index contributed by atoms with van der Waals surface area (Å²) >= 11 is 1.61. The minimum Gasteiger partial charge on any atom is -0.330 e. The van der Waals surface area contributed by atoms with Gasteiger partial charge >= 0.3 is 0 Å². The average molecular weight is 379 g/mol. The number of aromatic nitrogens is 1. The number of amides is 2. The van der Waals surface area contributed by atoms with Gasteiger partial charge in [-0.05, 0) is 43.5 Å². The van der Waals surface area contributed by atoms with Gasteiger partial charge in [0.2, 0.25) is 11.8 Å². The van der Waals surface area contributed by atoms with Crippen molar-refractivity contribution in [1.82, 2.24) is 9.88 Å². The van der Waals surface area contributed by atoms with E-state index in [4.69, 9.17) is 0 Å². The first-order chi connectivity index (χ1) is 13.1. The van der Waals surface area contributed by atoms with Crippen molar-refractivity contribution in [1.29, 1.82) is 0 Å². The number of carbonyl (C=O) groups excluding carboxylic acids is 2. The normalized spacial score (nSPS) is 16.6. The van der Waals surface area contributed by atoms with Crippen LogP contribution in [0.4, 0.5) is 5.69 Å². The highest BCUT2D eigenvalue weighted by molar-refractivity contribution is 7.18. The summed E-state index contributed by atoms with van der Waals surface area (Å²) in [6.07, 6.45) is 1.89. The molecule has 0 bridgehead atoms. The van der Waals surface area contributed by atoms with Gasteiger partial charge in [-0.2, -0.15) is 0 Å². The lowest BCUT2D eigenvalue weighted by Crippen LogP contribution is -2.43. The van der Waals surface area contributed by atoms with Crippen LogP contribution in [-0.4, -0.2) is 34.3 Å². The Bertz CT molecular complexity index is 984.